The molecule has 384 valence electrons. The maximum Gasteiger partial charge on any atom is 0.864 e. The maximum atomic E-state index is 14.6. The van der Waals surface area contributed by atoms with Crippen LogP contribution in [0.25, 0.3) is 0 Å². The molecule has 4 aromatic rings. The van der Waals surface area contributed by atoms with Gasteiger partial charge in [0.05, 0.1) is 59.6 Å². The maximum absolute atomic E-state index is 14.6. The van der Waals surface area contributed by atoms with Gasteiger partial charge in [-0.3, -0.25) is 4.48 Å². The van der Waals surface area contributed by atoms with Crippen molar-refractivity contribution in [1.29, 1.82) is 0 Å². The second-order valence-corrected chi connectivity index (χ2v) is 14.7. The van der Waals surface area contributed by atoms with Crippen LogP contribution >= 0.6 is 0 Å². The molecule has 0 aliphatic heterocycles. The predicted molar refractivity (Wildman–Crippen MR) is 189 cm³/mol. The first kappa shape index (κ1) is 57.9. The lowest BCUT2D eigenvalue weighted by Crippen LogP contribution is -2.57. The lowest BCUT2D eigenvalue weighted by molar-refractivity contribution is -0.972. The van der Waals surface area contributed by atoms with Gasteiger partial charge >= 0.3 is 56.7 Å². The molecule has 0 radical (unpaired) electrons. The van der Waals surface area contributed by atoms with Crippen LogP contribution in [0.1, 0.15) is 63.9 Å². The van der Waals surface area contributed by atoms with Crippen LogP contribution in [0.5, 0.6) is 17.2 Å². The van der Waals surface area contributed by atoms with E-state index in [0.29, 0.717) is 12.1 Å². The third-order valence-electron chi connectivity index (χ3n) is 9.80. The van der Waals surface area contributed by atoms with Gasteiger partial charge < -0.3 is 18.7 Å². The molecular weight excluding hydrogens is 1010 g/mol. The molecule has 4 rings (SSSR count). The number of methoxy groups -OCH3 is 1. The highest BCUT2D eigenvalue weighted by Gasteiger charge is 2.53. The summed E-state index contributed by atoms with van der Waals surface area (Å²) in [6, 6.07) is 0.550. The minimum absolute atomic E-state index is 0.0521. The van der Waals surface area contributed by atoms with E-state index in [9.17, 15) is 105 Å². The van der Waals surface area contributed by atoms with Crippen LogP contribution in [0.2, 0.25) is 0 Å². The Labute approximate surface area is 372 Å². The summed E-state index contributed by atoms with van der Waals surface area (Å²) in [5, 5.41) is 0. The van der Waals surface area contributed by atoms with Crippen LogP contribution in [0.15, 0.2) is 66.7 Å². The fourth-order valence-electron chi connectivity index (χ4n) is 5.71. The second kappa shape index (κ2) is 19.4. The molecule has 0 aliphatic carbocycles. The molecule has 0 heterocycles. The van der Waals surface area contributed by atoms with Crippen LogP contribution in [-0.2, 0) is 59.9 Å². The summed E-state index contributed by atoms with van der Waals surface area (Å²) in [5.74, 6) is -4.89. The van der Waals surface area contributed by atoms with E-state index in [2.05, 4.69) is 0 Å². The molecule has 30 heteroatoms. The molecule has 1 unspecified atom stereocenters. The van der Waals surface area contributed by atoms with Crippen LogP contribution < -0.4 is 14.0 Å². The number of hydrogen-bond donors (Lipinski definition) is 0. The molecule has 0 saturated heterocycles. The lowest BCUT2D eigenvalue weighted by atomic mass is 9.91. The number of quaternary nitrogens is 1. The van der Waals surface area contributed by atoms with Gasteiger partial charge in [-0.05, 0) is 55.5 Å². The van der Waals surface area contributed by atoms with E-state index in [1.54, 1.807) is 6.07 Å². The number of hydrogen-bond acceptors (Lipinski definition) is 4. The number of halogens is 24. The van der Waals surface area contributed by atoms with Gasteiger partial charge in [0, 0.05) is 14.0 Å². The minimum Gasteiger partial charge on any atom is -0.490 e. The fourth-order valence-corrected chi connectivity index (χ4v) is 5.71. The number of benzene rings is 4. The third kappa shape index (κ3) is 14.6. The Kier molecular flexibility index (Phi) is 16.3. The SMILES string of the molecule is CC[N+](C)(C)C(C)(OC)c1c(OB(Oc2cc(C(F)(F)F)cc(C(F)(F)F)c2)Oc2cc(C(F)(F)F)cc(C(F)(F)F)c2)cc(C(F)(F)F)cc1C(F)(F)F.FC(F)(F)c1c[c-]cc(C(F)(F)F)c1. The van der Waals surface area contributed by atoms with Gasteiger partial charge in [-0.15, -0.1) is 6.07 Å². The van der Waals surface area contributed by atoms with Gasteiger partial charge in [0.15, 0.2) is 0 Å². The molecule has 0 aromatic heterocycles. The molecule has 0 fully saturated rings. The quantitative estimate of drug-likeness (QED) is 0.0521. The predicted octanol–water partition coefficient (Wildman–Crippen LogP) is 14.8. The first-order chi connectivity index (χ1) is 30.8. The lowest BCUT2D eigenvalue weighted by Gasteiger charge is -2.46. The number of alkyl halides is 24. The van der Waals surface area contributed by atoms with Crippen molar-refractivity contribution in [2.24, 2.45) is 0 Å². The number of nitrogens with zero attached hydrogens (tertiary/aromatic N) is 1. The van der Waals surface area contributed by atoms with Crippen LogP contribution in [0.4, 0.5) is 105 Å². The van der Waals surface area contributed by atoms with Gasteiger partial charge in [0.2, 0.25) is 5.72 Å². The zero-order valence-corrected chi connectivity index (χ0v) is 34.8. The van der Waals surface area contributed by atoms with Crippen LogP contribution in [-0.4, -0.2) is 39.6 Å². The normalized spacial score (nSPS) is 14.4. The van der Waals surface area contributed by atoms with Crippen molar-refractivity contribution in [1.82, 2.24) is 0 Å². The first-order valence-corrected chi connectivity index (χ1v) is 18.2. The van der Waals surface area contributed by atoms with Crippen molar-refractivity contribution in [3.05, 3.63) is 123 Å². The number of ether oxygens (including phenoxy) is 1. The van der Waals surface area contributed by atoms with E-state index in [-0.39, 0.29) is 42.9 Å². The topological polar surface area (TPSA) is 36.9 Å². The summed E-state index contributed by atoms with van der Waals surface area (Å²) < 4.78 is 341. The van der Waals surface area contributed by atoms with Gasteiger partial charge in [0.1, 0.15) is 17.2 Å². The van der Waals surface area contributed by atoms with Crippen molar-refractivity contribution < 1.29 is 129 Å². The monoisotopic (exact) mass is 1040 g/mol. The Balaban J connectivity index is 0.000000768. The van der Waals surface area contributed by atoms with E-state index in [1.165, 1.54) is 21.0 Å². The van der Waals surface area contributed by atoms with Crippen LogP contribution in [0, 0.1) is 6.07 Å². The van der Waals surface area contributed by atoms with Gasteiger partial charge in [-0.1, -0.05) is 11.1 Å². The molecular formula is C39H28BF24NO4. The van der Waals surface area contributed by atoms with Crippen molar-refractivity contribution in [3.8, 4) is 17.2 Å². The van der Waals surface area contributed by atoms with Gasteiger partial charge in [0.25, 0.3) is 0 Å². The minimum atomic E-state index is -5.73. The fraction of sp³-hybridized carbons (Fsp3) is 0.385. The van der Waals surface area contributed by atoms with Gasteiger partial charge in [-0.25, -0.2) is 0 Å². The molecule has 0 amide bonds. The van der Waals surface area contributed by atoms with E-state index < -0.39 is 152 Å². The summed E-state index contributed by atoms with van der Waals surface area (Å²) in [5.41, 5.74) is -19.3. The van der Waals surface area contributed by atoms with E-state index in [4.69, 9.17) is 18.7 Å². The van der Waals surface area contributed by atoms with Gasteiger partial charge in [-0.2, -0.15) is 124 Å². The molecule has 0 spiro atoms. The second-order valence-electron chi connectivity index (χ2n) is 14.7. The molecule has 0 saturated carbocycles. The Morgan fingerprint density at radius 2 is 0.739 bits per heavy atom. The van der Waals surface area contributed by atoms with E-state index in [0.717, 1.165) is 14.0 Å². The standard InChI is InChI=1S/C31H25BF18NO4.C8H3F6/c1-6-51(3,4)25(2,52-5)24-22(31(48,49)50)13-19(30(45,46)47)14-23(24)55-32(53-20-9-15(26(33,34)35)7-16(10-20)27(36,37)38)54-21-11-17(28(39,40)41)8-18(12-21)29(42,43)44;9-7(10,11)5-2-1-3-6(4-5)8(12,13)14/h7-14H,6H2,1-5H3;2-4H/q+1;-1. The first-order valence-electron chi connectivity index (χ1n) is 18.2. The zero-order valence-electron chi connectivity index (χ0n) is 34.8. The van der Waals surface area contributed by atoms with Crippen molar-refractivity contribution in [2.45, 2.75) is 69.0 Å². The van der Waals surface area contributed by atoms with Crippen molar-refractivity contribution in [2.75, 3.05) is 27.7 Å². The third-order valence-corrected chi connectivity index (χ3v) is 9.80. The molecule has 0 bridgehead atoms. The Bertz CT molecular complexity index is 2240. The molecule has 0 aliphatic rings. The largest absolute Gasteiger partial charge is 0.864 e. The summed E-state index contributed by atoms with van der Waals surface area (Å²) >= 11 is 0. The summed E-state index contributed by atoms with van der Waals surface area (Å²) in [7, 11) is -0.128. The Hall–Kier alpha value is -5.42. The summed E-state index contributed by atoms with van der Waals surface area (Å²) in [6.07, 6.45) is -43.3. The molecule has 0 N–H and O–H groups in total. The number of rotatable bonds is 10. The average Bonchev–Trinajstić information content (AvgIpc) is 3.17. The highest BCUT2D eigenvalue weighted by atomic mass is 19.4. The molecule has 69 heavy (non-hydrogen) atoms. The van der Waals surface area contributed by atoms with E-state index >= 15 is 0 Å². The molecule has 4 aromatic carbocycles. The van der Waals surface area contributed by atoms with Crippen molar-refractivity contribution in [3.63, 3.8) is 0 Å². The smallest absolute Gasteiger partial charge is 0.490 e. The Morgan fingerprint density at radius 1 is 0.435 bits per heavy atom. The zero-order chi connectivity index (χ0) is 53.5. The summed E-state index contributed by atoms with van der Waals surface area (Å²) in [6.45, 7) is 2.11. The molecule has 1 atom stereocenters. The van der Waals surface area contributed by atoms with Crippen LogP contribution in [0.3, 0.4) is 0 Å². The van der Waals surface area contributed by atoms with Crippen molar-refractivity contribution >= 4 is 7.32 Å². The average molecular weight is 1040 g/mol. The Morgan fingerprint density at radius 3 is 1.01 bits per heavy atom. The summed E-state index contributed by atoms with van der Waals surface area (Å²) in [4.78, 5) is 0. The van der Waals surface area contributed by atoms with E-state index in [1.807, 2.05) is 0 Å². The molecule has 5 nitrogen and oxygen atoms in total. The highest BCUT2D eigenvalue weighted by molar-refractivity contribution is 6.39. The highest BCUT2D eigenvalue weighted by Crippen LogP contribution is 2.50.